The van der Waals surface area contributed by atoms with Gasteiger partial charge in [0.25, 0.3) is 11.1 Å². The van der Waals surface area contributed by atoms with Crippen LogP contribution in [0.5, 0.6) is 23.0 Å². The number of benzene rings is 6. The van der Waals surface area contributed by atoms with Gasteiger partial charge in [0.1, 0.15) is 65.0 Å². The third kappa shape index (κ3) is 12.0. The second kappa shape index (κ2) is 24.7. The molecule has 7 atom stereocenters. The molecule has 83 heavy (non-hydrogen) atoms. The van der Waals surface area contributed by atoms with Crippen LogP contribution in [0.1, 0.15) is 69.8 Å². The average molecular weight is 1150 g/mol. The standard InChI is InChI=1S/C62H62FN4O15P/c1-39-35-66(59(70)64-57(39)68)55-33-51(81-62(42-15-11-8-12-16-42,45-21-29-49(75-5)30-22-45)46-23-31-50(76-6)32-24-46)54(80-55)38-78-83(63,72)82-52-34-56(67-36-40(2)58(69)65-60(67)71)79-53(52)37-77-61(41-13-9-7-10-14-41,43-17-25-47(73-3)26-18-43)44-19-27-48(74-4)28-20-44/h7-32,35-36,51-56H,33-34,37-38H2,1-6H3,(H,64,68,70)(H,65,69,71)/t51-,52-,53+,54+,55+,56+,83?/m0/s1. The van der Waals surface area contributed by atoms with Crippen LogP contribution in [-0.2, 0) is 43.8 Å². The molecule has 21 heteroatoms. The van der Waals surface area contributed by atoms with Gasteiger partial charge in [-0.05, 0) is 95.8 Å². The second-order valence-corrected chi connectivity index (χ2v) is 21.4. The molecule has 6 aromatic carbocycles. The molecule has 19 nitrogen and oxygen atoms in total. The van der Waals surface area contributed by atoms with Crippen LogP contribution in [0, 0.1) is 13.8 Å². The molecule has 2 saturated heterocycles. The maximum Gasteiger partial charge on any atom is 0.513 e. The van der Waals surface area contributed by atoms with Gasteiger partial charge in [0.15, 0.2) is 0 Å². The van der Waals surface area contributed by atoms with Crippen molar-refractivity contribution in [2.45, 2.75) is 74.8 Å². The molecule has 0 aliphatic carbocycles. The van der Waals surface area contributed by atoms with Gasteiger partial charge in [0.2, 0.25) is 0 Å². The van der Waals surface area contributed by atoms with Gasteiger partial charge in [-0.3, -0.25) is 37.7 Å². The SMILES string of the molecule is COc1ccc(C(OC[C@H]2O[C@@H](n3cc(C)c(=O)[nH]c3=O)C[C@@H]2OP(=O)(F)OC[C@H]2O[C@@H](n3cc(C)c(=O)[nH]c3=O)C[C@@H]2OC(c2ccccc2)(c2ccc(OC)cc2)c2ccc(OC)cc2)(c2ccccc2)c2ccc(OC)cc2)cc1. The highest BCUT2D eigenvalue weighted by atomic mass is 31.2. The number of aromatic amines is 2. The largest absolute Gasteiger partial charge is 0.513 e. The topological polar surface area (TPSA) is 219 Å². The quantitative estimate of drug-likeness (QED) is 0.0477. The highest BCUT2D eigenvalue weighted by molar-refractivity contribution is 7.48. The Morgan fingerprint density at radius 2 is 0.855 bits per heavy atom. The molecule has 1 unspecified atom stereocenters. The molecule has 8 aromatic rings. The van der Waals surface area contributed by atoms with Crippen LogP contribution in [0.15, 0.2) is 189 Å². The van der Waals surface area contributed by atoms with E-state index in [-0.39, 0.29) is 30.6 Å². The molecule has 0 amide bonds. The van der Waals surface area contributed by atoms with Gasteiger partial charge in [0.05, 0.1) is 47.8 Å². The predicted octanol–water partition coefficient (Wildman–Crippen LogP) is 9.18. The van der Waals surface area contributed by atoms with Crippen LogP contribution < -0.4 is 41.4 Å². The fourth-order valence-electron chi connectivity index (χ4n) is 10.8. The number of nitrogens with zero attached hydrogens (tertiary/aromatic N) is 2. The van der Waals surface area contributed by atoms with Gasteiger partial charge < -0.3 is 37.9 Å². The Hall–Kier alpha value is -8.20. The number of ether oxygens (including phenoxy) is 8. The minimum absolute atomic E-state index is 0.0613. The lowest BCUT2D eigenvalue weighted by atomic mass is 9.79. The van der Waals surface area contributed by atoms with E-state index in [4.69, 9.17) is 46.9 Å². The second-order valence-electron chi connectivity index (χ2n) is 20.0. The summed E-state index contributed by atoms with van der Waals surface area (Å²) in [5.74, 6) is 2.32. The Morgan fingerprint density at radius 1 is 0.506 bits per heavy atom. The molecule has 10 rings (SSSR count). The zero-order chi connectivity index (χ0) is 58.5. The summed E-state index contributed by atoms with van der Waals surface area (Å²) in [5, 5.41) is 0. The van der Waals surface area contributed by atoms with E-state index >= 15 is 4.20 Å². The number of methoxy groups -OCH3 is 4. The van der Waals surface area contributed by atoms with Crippen molar-refractivity contribution in [3.63, 3.8) is 0 Å². The number of nitrogens with one attached hydrogen (secondary N) is 2. The first-order chi connectivity index (χ1) is 40.1. The van der Waals surface area contributed by atoms with Gasteiger partial charge in [0, 0.05) is 36.4 Å². The van der Waals surface area contributed by atoms with Crippen molar-refractivity contribution in [2.75, 3.05) is 41.7 Å². The molecule has 0 bridgehead atoms. The first-order valence-corrected chi connectivity index (χ1v) is 28.1. The van der Waals surface area contributed by atoms with E-state index in [0.717, 1.165) is 4.57 Å². The zero-order valence-electron chi connectivity index (χ0n) is 46.3. The summed E-state index contributed by atoms with van der Waals surface area (Å²) < 4.78 is 95.8. The third-order valence-corrected chi connectivity index (χ3v) is 16.0. The van der Waals surface area contributed by atoms with E-state index in [0.29, 0.717) is 56.4 Å². The van der Waals surface area contributed by atoms with Crippen LogP contribution in [0.3, 0.4) is 0 Å². The number of halogens is 1. The monoisotopic (exact) mass is 1150 g/mol. The van der Waals surface area contributed by atoms with Crippen LogP contribution in [0.4, 0.5) is 4.20 Å². The van der Waals surface area contributed by atoms with Gasteiger partial charge in [-0.25, -0.2) is 14.2 Å². The third-order valence-electron chi connectivity index (χ3n) is 15.1. The van der Waals surface area contributed by atoms with Crippen LogP contribution in [-0.4, -0.2) is 85.2 Å². The first kappa shape index (κ1) is 58.0. The summed E-state index contributed by atoms with van der Waals surface area (Å²) in [7, 11) is 0.514. The molecule has 432 valence electrons. The van der Waals surface area contributed by atoms with Crippen molar-refractivity contribution < 1.29 is 55.7 Å². The maximum atomic E-state index is 17.4. The van der Waals surface area contributed by atoms with Gasteiger partial charge in [-0.1, -0.05) is 109 Å². The van der Waals surface area contributed by atoms with E-state index in [1.165, 1.54) is 30.8 Å². The molecule has 4 heterocycles. The van der Waals surface area contributed by atoms with Crippen molar-refractivity contribution in [1.82, 2.24) is 19.1 Å². The average Bonchev–Trinajstić information content (AvgIpc) is 3.66. The molecule has 0 radical (unpaired) electrons. The van der Waals surface area contributed by atoms with Gasteiger partial charge >= 0.3 is 19.3 Å². The van der Waals surface area contributed by atoms with E-state index in [9.17, 15) is 23.7 Å². The highest BCUT2D eigenvalue weighted by Gasteiger charge is 2.50. The summed E-state index contributed by atoms with van der Waals surface area (Å²) in [6.07, 6.45) is -5.02. The summed E-state index contributed by atoms with van der Waals surface area (Å²) in [4.78, 5) is 56.8. The van der Waals surface area contributed by atoms with Crippen molar-refractivity contribution in [3.05, 3.63) is 256 Å². The molecule has 2 aliphatic rings. The normalized spacial score (nSPS) is 19.7. The predicted molar refractivity (Wildman–Crippen MR) is 304 cm³/mol. The lowest BCUT2D eigenvalue weighted by molar-refractivity contribution is -0.103. The van der Waals surface area contributed by atoms with Gasteiger partial charge in [-0.15, -0.1) is 4.20 Å². The fraction of sp³-hybridized carbons (Fsp3) is 0.290. The summed E-state index contributed by atoms with van der Waals surface area (Å²) in [5.41, 5.74) is -1.29. The van der Waals surface area contributed by atoms with Crippen molar-refractivity contribution in [2.24, 2.45) is 0 Å². The van der Waals surface area contributed by atoms with Crippen LogP contribution in [0.25, 0.3) is 0 Å². The van der Waals surface area contributed by atoms with Crippen molar-refractivity contribution in [1.29, 1.82) is 0 Å². The molecule has 0 spiro atoms. The molecular weight excluding hydrogens is 1090 g/mol. The van der Waals surface area contributed by atoms with Crippen LogP contribution >= 0.6 is 7.91 Å². The molecule has 2 aromatic heterocycles. The Bertz CT molecular complexity index is 3710. The number of rotatable bonds is 22. The summed E-state index contributed by atoms with van der Waals surface area (Å²) in [6.45, 7) is 1.93. The lowest BCUT2D eigenvalue weighted by Crippen LogP contribution is -2.41. The lowest BCUT2D eigenvalue weighted by Gasteiger charge is -2.39. The number of aromatic nitrogens is 4. The van der Waals surface area contributed by atoms with E-state index < -0.39 is 85.1 Å². The zero-order valence-corrected chi connectivity index (χ0v) is 47.2. The van der Waals surface area contributed by atoms with E-state index in [1.54, 1.807) is 77.0 Å². The number of hydrogen-bond donors (Lipinski definition) is 2. The number of H-pyrrole nitrogens is 2. The first-order valence-electron chi connectivity index (χ1n) is 26.7. The molecule has 2 N–H and O–H groups in total. The Labute approximate surface area is 476 Å². The number of hydrogen-bond acceptors (Lipinski definition) is 15. The molecule has 2 aliphatic heterocycles. The summed E-state index contributed by atoms with van der Waals surface area (Å²) >= 11 is 0. The van der Waals surface area contributed by atoms with Crippen molar-refractivity contribution in [3.8, 4) is 23.0 Å². The summed E-state index contributed by atoms with van der Waals surface area (Å²) in [6, 6.07) is 47.9. The molecular formula is C62H62FN4O15P. The maximum absolute atomic E-state index is 17.4. The van der Waals surface area contributed by atoms with Gasteiger partial charge in [-0.2, -0.15) is 0 Å². The Kier molecular flexibility index (Phi) is 17.3. The van der Waals surface area contributed by atoms with E-state index in [2.05, 4.69) is 9.97 Å². The molecule has 0 saturated carbocycles. The fourth-order valence-corrected chi connectivity index (χ4v) is 11.7. The minimum Gasteiger partial charge on any atom is -0.497 e. The minimum atomic E-state index is -5.71. The smallest absolute Gasteiger partial charge is 0.497 e. The van der Waals surface area contributed by atoms with Crippen molar-refractivity contribution >= 4 is 7.91 Å². The van der Waals surface area contributed by atoms with E-state index in [1.807, 2.05) is 109 Å². The van der Waals surface area contributed by atoms with Crippen LogP contribution in [0.2, 0.25) is 0 Å². The molecule has 2 fully saturated rings. The highest BCUT2D eigenvalue weighted by Crippen LogP contribution is 2.55. The Balaban J connectivity index is 1.01. The Morgan fingerprint density at radius 3 is 1.25 bits per heavy atom. The number of aryl methyl sites for hydroxylation is 2.